The Morgan fingerprint density at radius 3 is 2.54 bits per heavy atom. The van der Waals surface area contributed by atoms with Crippen molar-refractivity contribution in [3.8, 4) is 0 Å². The molecule has 0 N–H and O–H groups in total. The van der Waals surface area contributed by atoms with Crippen LogP contribution in [0.1, 0.15) is 22.8 Å². The van der Waals surface area contributed by atoms with Gasteiger partial charge in [0.05, 0.1) is 0 Å². The first-order valence-corrected chi connectivity index (χ1v) is 4.36. The van der Waals surface area contributed by atoms with Crippen molar-refractivity contribution in [3.05, 3.63) is 46.5 Å². The monoisotopic (exact) mass is 194 g/mol. The van der Waals surface area contributed by atoms with Crippen LogP contribution in [0.25, 0.3) is 0 Å². The average Bonchev–Trinajstić information content (AvgIpc) is 2.08. The number of carbonyl (C=O) groups is 1. The van der Waals surface area contributed by atoms with E-state index in [1.165, 1.54) is 0 Å². The van der Waals surface area contributed by atoms with Crippen LogP contribution in [0.2, 0.25) is 5.02 Å². The molecule has 0 radical (unpaired) electrons. The SMILES string of the molecule is C=C(C)C(=O)c1ccc(Cl)c(C)c1. The first-order chi connectivity index (χ1) is 6.02. The van der Waals surface area contributed by atoms with Crippen molar-refractivity contribution in [3.63, 3.8) is 0 Å². The van der Waals surface area contributed by atoms with Gasteiger partial charge in [-0.3, -0.25) is 4.79 Å². The zero-order valence-corrected chi connectivity index (χ0v) is 8.48. The molecular formula is C11H11ClO. The summed E-state index contributed by atoms with van der Waals surface area (Å²) in [5.74, 6) is -0.0280. The zero-order chi connectivity index (χ0) is 10.0. The van der Waals surface area contributed by atoms with Gasteiger partial charge < -0.3 is 0 Å². The van der Waals surface area contributed by atoms with E-state index in [2.05, 4.69) is 6.58 Å². The van der Waals surface area contributed by atoms with E-state index in [1.54, 1.807) is 25.1 Å². The summed E-state index contributed by atoms with van der Waals surface area (Å²) in [6.07, 6.45) is 0. The number of carbonyl (C=O) groups excluding carboxylic acids is 1. The van der Waals surface area contributed by atoms with Gasteiger partial charge in [0.1, 0.15) is 0 Å². The number of Topliss-reactive ketones (excluding diaryl/α,β-unsaturated/α-hetero) is 1. The van der Waals surface area contributed by atoms with Gasteiger partial charge in [0, 0.05) is 10.6 Å². The van der Waals surface area contributed by atoms with Crippen LogP contribution < -0.4 is 0 Å². The summed E-state index contributed by atoms with van der Waals surface area (Å²) in [6, 6.07) is 5.22. The van der Waals surface area contributed by atoms with Crippen LogP contribution in [0.15, 0.2) is 30.4 Å². The van der Waals surface area contributed by atoms with Crippen molar-refractivity contribution in [2.45, 2.75) is 13.8 Å². The summed E-state index contributed by atoms with van der Waals surface area (Å²) < 4.78 is 0. The molecule has 0 aliphatic heterocycles. The third-order valence-corrected chi connectivity index (χ3v) is 2.23. The number of aryl methyl sites for hydroxylation is 1. The Morgan fingerprint density at radius 2 is 2.08 bits per heavy atom. The number of hydrogen-bond acceptors (Lipinski definition) is 1. The lowest BCUT2D eigenvalue weighted by molar-refractivity contribution is 0.103. The summed E-state index contributed by atoms with van der Waals surface area (Å²) in [7, 11) is 0. The van der Waals surface area contributed by atoms with Crippen molar-refractivity contribution in [2.24, 2.45) is 0 Å². The molecule has 0 spiro atoms. The molecule has 0 aliphatic rings. The van der Waals surface area contributed by atoms with Gasteiger partial charge >= 0.3 is 0 Å². The Bertz CT molecular complexity index is 366. The maximum absolute atomic E-state index is 11.5. The summed E-state index contributed by atoms with van der Waals surface area (Å²) in [6.45, 7) is 7.17. The standard InChI is InChI=1S/C11H11ClO/c1-7(2)11(13)9-4-5-10(12)8(3)6-9/h4-6H,1H2,2-3H3. The number of ketones is 1. The lowest BCUT2D eigenvalue weighted by Gasteiger charge is -2.02. The summed E-state index contributed by atoms with van der Waals surface area (Å²) in [5, 5.41) is 0.679. The third-order valence-electron chi connectivity index (χ3n) is 1.81. The summed E-state index contributed by atoms with van der Waals surface area (Å²) in [4.78, 5) is 11.5. The van der Waals surface area contributed by atoms with E-state index >= 15 is 0 Å². The van der Waals surface area contributed by atoms with Crippen LogP contribution in [0.4, 0.5) is 0 Å². The van der Waals surface area contributed by atoms with Gasteiger partial charge in [-0.15, -0.1) is 0 Å². The van der Waals surface area contributed by atoms with Crippen LogP contribution >= 0.6 is 11.6 Å². The molecular weight excluding hydrogens is 184 g/mol. The van der Waals surface area contributed by atoms with Crippen molar-refractivity contribution < 1.29 is 4.79 Å². The molecule has 1 aromatic carbocycles. The quantitative estimate of drug-likeness (QED) is 0.521. The molecule has 0 heterocycles. The molecule has 0 aromatic heterocycles. The van der Waals surface area contributed by atoms with E-state index in [1.807, 2.05) is 6.92 Å². The minimum absolute atomic E-state index is 0.0280. The molecule has 1 rings (SSSR count). The summed E-state index contributed by atoms with van der Waals surface area (Å²) in [5.41, 5.74) is 2.10. The van der Waals surface area contributed by atoms with Crippen molar-refractivity contribution >= 4 is 17.4 Å². The number of hydrogen-bond donors (Lipinski definition) is 0. The fourth-order valence-electron chi connectivity index (χ4n) is 1.03. The van der Waals surface area contributed by atoms with Crippen LogP contribution in [-0.2, 0) is 0 Å². The molecule has 0 saturated carbocycles. The van der Waals surface area contributed by atoms with Crippen LogP contribution in [0.5, 0.6) is 0 Å². The Labute approximate surface area is 83.0 Å². The molecule has 0 amide bonds. The minimum Gasteiger partial charge on any atom is -0.289 e. The van der Waals surface area contributed by atoms with Crippen LogP contribution in [-0.4, -0.2) is 5.78 Å². The predicted octanol–water partition coefficient (Wildman–Crippen LogP) is 3.41. The molecule has 1 aromatic rings. The van der Waals surface area contributed by atoms with Gasteiger partial charge in [-0.1, -0.05) is 18.2 Å². The van der Waals surface area contributed by atoms with E-state index in [0.29, 0.717) is 16.2 Å². The van der Waals surface area contributed by atoms with Gasteiger partial charge in [0.25, 0.3) is 0 Å². The Balaban J connectivity index is 3.11. The van der Waals surface area contributed by atoms with Crippen molar-refractivity contribution in [1.82, 2.24) is 0 Å². The van der Waals surface area contributed by atoms with E-state index in [0.717, 1.165) is 5.56 Å². The molecule has 0 fully saturated rings. The van der Waals surface area contributed by atoms with Crippen molar-refractivity contribution in [2.75, 3.05) is 0 Å². The molecule has 0 unspecified atom stereocenters. The van der Waals surface area contributed by atoms with Gasteiger partial charge in [-0.2, -0.15) is 0 Å². The Morgan fingerprint density at radius 1 is 1.46 bits per heavy atom. The maximum Gasteiger partial charge on any atom is 0.188 e. The number of benzene rings is 1. The molecule has 13 heavy (non-hydrogen) atoms. The highest BCUT2D eigenvalue weighted by molar-refractivity contribution is 6.31. The van der Waals surface area contributed by atoms with E-state index in [-0.39, 0.29) is 5.78 Å². The Kier molecular flexibility index (Phi) is 2.89. The average molecular weight is 195 g/mol. The molecule has 1 nitrogen and oxygen atoms in total. The highest BCUT2D eigenvalue weighted by Crippen LogP contribution is 2.17. The fourth-order valence-corrected chi connectivity index (χ4v) is 1.15. The molecule has 0 bridgehead atoms. The normalized spacial score (nSPS) is 9.77. The van der Waals surface area contributed by atoms with Gasteiger partial charge in [0.15, 0.2) is 5.78 Å². The van der Waals surface area contributed by atoms with Gasteiger partial charge in [-0.25, -0.2) is 0 Å². The second kappa shape index (κ2) is 3.75. The Hall–Kier alpha value is -1.08. The highest BCUT2D eigenvalue weighted by Gasteiger charge is 2.06. The second-order valence-corrected chi connectivity index (χ2v) is 3.48. The van der Waals surface area contributed by atoms with Gasteiger partial charge in [0.2, 0.25) is 0 Å². The number of rotatable bonds is 2. The predicted molar refractivity (Wildman–Crippen MR) is 55.3 cm³/mol. The molecule has 0 atom stereocenters. The zero-order valence-electron chi connectivity index (χ0n) is 7.73. The summed E-state index contributed by atoms with van der Waals surface area (Å²) >= 11 is 5.83. The second-order valence-electron chi connectivity index (χ2n) is 3.07. The third kappa shape index (κ3) is 2.19. The number of allylic oxidation sites excluding steroid dienone is 1. The topological polar surface area (TPSA) is 17.1 Å². The van der Waals surface area contributed by atoms with Crippen LogP contribution in [0, 0.1) is 6.92 Å². The highest BCUT2D eigenvalue weighted by atomic mass is 35.5. The maximum atomic E-state index is 11.5. The van der Waals surface area contributed by atoms with E-state index in [4.69, 9.17) is 11.6 Å². The fraction of sp³-hybridized carbons (Fsp3) is 0.182. The van der Waals surface area contributed by atoms with E-state index < -0.39 is 0 Å². The largest absolute Gasteiger partial charge is 0.289 e. The number of halogens is 1. The molecule has 0 aliphatic carbocycles. The molecule has 68 valence electrons. The first kappa shape index (κ1) is 10.0. The smallest absolute Gasteiger partial charge is 0.188 e. The lowest BCUT2D eigenvalue weighted by atomic mass is 10.0. The van der Waals surface area contributed by atoms with Crippen molar-refractivity contribution in [1.29, 1.82) is 0 Å². The van der Waals surface area contributed by atoms with Gasteiger partial charge in [-0.05, 0) is 43.2 Å². The molecule has 0 saturated heterocycles. The van der Waals surface area contributed by atoms with E-state index in [9.17, 15) is 4.79 Å². The minimum atomic E-state index is -0.0280. The lowest BCUT2D eigenvalue weighted by Crippen LogP contribution is -1.99. The van der Waals surface area contributed by atoms with Crippen LogP contribution in [0.3, 0.4) is 0 Å². The first-order valence-electron chi connectivity index (χ1n) is 3.98. The molecule has 2 heteroatoms.